The van der Waals surface area contributed by atoms with Gasteiger partial charge in [-0.3, -0.25) is 4.79 Å². The number of hydrogen-bond donors (Lipinski definition) is 3. The van der Waals surface area contributed by atoms with E-state index in [0.29, 0.717) is 32.3 Å². The lowest BCUT2D eigenvalue weighted by atomic mass is 10.0. The molecule has 2 aromatic heterocycles. The predicted octanol–water partition coefficient (Wildman–Crippen LogP) is 4.21. The molecule has 4 rings (SSSR count). The molecule has 0 aliphatic carbocycles. The summed E-state index contributed by atoms with van der Waals surface area (Å²) in [4.78, 5) is 25.2. The molecule has 32 heavy (non-hydrogen) atoms. The van der Waals surface area contributed by atoms with E-state index in [2.05, 4.69) is 20.3 Å². The predicted molar refractivity (Wildman–Crippen MR) is 124 cm³/mol. The summed E-state index contributed by atoms with van der Waals surface area (Å²) in [5, 5.41) is 13.2. The van der Waals surface area contributed by atoms with Gasteiger partial charge >= 0.3 is 0 Å². The number of nitrogens with zero attached hydrogens (tertiary/aromatic N) is 3. The molecular formula is C22H17Cl2N5O3. The lowest BCUT2D eigenvalue weighted by Crippen LogP contribution is -2.15. The number of aromatic nitrogens is 3. The van der Waals surface area contributed by atoms with Crippen molar-refractivity contribution in [3.05, 3.63) is 70.5 Å². The topological polar surface area (TPSA) is 123 Å². The quantitative estimate of drug-likeness (QED) is 0.370. The summed E-state index contributed by atoms with van der Waals surface area (Å²) in [6.07, 6.45) is 1.58. The van der Waals surface area contributed by atoms with E-state index in [-0.39, 0.29) is 30.5 Å². The van der Waals surface area contributed by atoms with Gasteiger partial charge in [0.1, 0.15) is 18.1 Å². The van der Waals surface area contributed by atoms with Crippen molar-refractivity contribution < 1.29 is 14.6 Å². The molecule has 0 fully saturated rings. The number of rotatable bonds is 7. The minimum Gasteiger partial charge on any atom is -0.491 e. The third kappa shape index (κ3) is 4.57. The molecule has 1 amide bonds. The average Bonchev–Trinajstić information content (AvgIpc) is 2.78. The number of aliphatic hydroxyl groups excluding tert-OH is 1. The fourth-order valence-corrected chi connectivity index (χ4v) is 3.69. The standard InChI is InChI=1S/C22H17Cl2N5O3/c23-16-2-1-3-17(24)18(16)15-10-12-11-26-22(29-21(12)28-19(15)20(25)31)27-13-4-6-14(7-5-13)32-9-8-30/h1-7,10-11,30H,8-9H2,(H2,25,31)(H,26,27,28,29). The summed E-state index contributed by atoms with van der Waals surface area (Å²) in [6, 6.07) is 13.8. The molecule has 0 aliphatic rings. The van der Waals surface area contributed by atoms with Crippen LogP contribution in [0.4, 0.5) is 11.6 Å². The van der Waals surface area contributed by atoms with Gasteiger partial charge in [-0.1, -0.05) is 29.3 Å². The van der Waals surface area contributed by atoms with Crippen LogP contribution >= 0.6 is 23.2 Å². The van der Waals surface area contributed by atoms with E-state index in [1.165, 1.54) is 0 Å². The molecule has 0 radical (unpaired) electrons. The molecule has 8 nitrogen and oxygen atoms in total. The summed E-state index contributed by atoms with van der Waals surface area (Å²) in [5.74, 6) is 0.181. The zero-order chi connectivity index (χ0) is 22.7. The normalized spacial score (nSPS) is 10.8. The van der Waals surface area contributed by atoms with Crippen LogP contribution in [0.3, 0.4) is 0 Å². The van der Waals surface area contributed by atoms with Crippen molar-refractivity contribution in [3.8, 4) is 16.9 Å². The monoisotopic (exact) mass is 469 g/mol. The Labute approximate surface area is 193 Å². The number of nitrogens with one attached hydrogen (secondary N) is 1. The highest BCUT2D eigenvalue weighted by Gasteiger charge is 2.19. The molecule has 0 saturated heterocycles. The van der Waals surface area contributed by atoms with Crippen LogP contribution in [0.15, 0.2) is 54.7 Å². The maximum absolute atomic E-state index is 12.1. The number of primary amides is 1. The number of ether oxygens (including phenoxy) is 1. The van der Waals surface area contributed by atoms with Crippen molar-refractivity contribution in [1.29, 1.82) is 0 Å². The summed E-state index contributed by atoms with van der Waals surface area (Å²) in [6.45, 7) is 0.158. The molecule has 2 aromatic carbocycles. The first-order valence-electron chi connectivity index (χ1n) is 9.49. The minimum atomic E-state index is -0.732. The minimum absolute atomic E-state index is 0.00235. The van der Waals surface area contributed by atoms with E-state index < -0.39 is 5.91 Å². The zero-order valence-corrected chi connectivity index (χ0v) is 18.1. The Bertz CT molecular complexity index is 1280. The van der Waals surface area contributed by atoms with E-state index in [0.717, 1.165) is 5.69 Å². The molecule has 0 spiro atoms. The number of nitrogens with two attached hydrogens (primary N) is 1. The fraction of sp³-hybridized carbons (Fsp3) is 0.0909. The maximum atomic E-state index is 12.1. The maximum Gasteiger partial charge on any atom is 0.268 e. The number of anilines is 2. The van der Waals surface area contributed by atoms with Gasteiger partial charge in [0, 0.05) is 38.4 Å². The van der Waals surface area contributed by atoms with Gasteiger partial charge in [0.05, 0.1) is 6.61 Å². The van der Waals surface area contributed by atoms with Crippen molar-refractivity contribution in [1.82, 2.24) is 15.0 Å². The number of aliphatic hydroxyl groups is 1. The second kappa shape index (κ2) is 9.35. The summed E-state index contributed by atoms with van der Waals surface area (Å²) in [7, 11) is 0. The zero-order valence-electron chi connectivity index (χ0n) is 16.5. The Balaban J connectivity index is 1.70. The van der Waals surface area contributed by atoms with E-state index >= 15 is 0 Å². The van der Waals surface area contributed by atoms with Crippen molar-refractivity contribution in [3.63, 3.8) is 0 Å². The van der Waals surface area contributed by atoms with Gasteiger partial charge in [-0.2, -0.15) is 4.98 Å². The lowest BCUT2D eigenvalue weighted by molar-refractivity contribution is 0.0996. The number of benzene rings is 2. The molecule has 4 N–H and O–H groups in total. The summed E-state index contributed by atoms with van der Waals surface area (Å²) in [5.41, 5.74) is 7.45. The van der Waals surface area contributed by atoms with Crippen LogP contribution in [0.2, 0.25) is 10.0 Å². The van der Waals surface area contributed by atoms with Crippen LogP contribution in [0.1, 0.15) is 10.5 Å². The SMILES string of the molecule is NC(=O)c1nc2nc(Nc3ccc(OCCO)cc3)ncc2cc1-c1c(Cl)cccc1Cl. The Morgan fingerprint density at radius 2 is 1.81 bits per heavy atom. The second-order valence-electron chi connectivity index (χ2n) is 6.67. The van der Waals surface area contributed by atoms with E-state index in [1.807, 2.05) is 0 Å². The van der Waals surface area contributed by atoms with Crippen LogP contribution < -0.4 is 15.8 Å². The van der Waals surface area contributed by atoms with Gasteiger partial charge in [-0.15, -0.1) is 0 Å². The van der Waals surface area contributed by atoms with Crippen LogP contribution in [0.5, 0.6) is 5.75 Å². The van der Waals surface area contributed by atoms with Crippen LogP contribution in [0.25, 0.3) is 22.2 Å². The molecule has 2 heterocycles. The van der Waals surface area contributed by atoms with Crippen molar-refractivity contribution in [2.75, 3.05) is 18.5 Å². The van der Waals surface area contributed by atoms with E-state index in [4.69, 9.17) is 38.8 Å². The first-order valence-corrected chi connectivity index (χ1v) is 10.2. The van der Waals surface area contributed by atoms with Crippen molar-refractivity contribution >= 4 is 51.8 Å². The molecule has 162 valence electrons. The molecule has 0 bridgehead atoms. The van der Waals surface area contributed by atoms with Crippen LogP contribution in [-0.4, -0.2) is 39.2 Å². The molecule has 10 heteroatoms. The highest BCUT2D eigenvalue weighted by molar-refractivity contribution is 6.39. The summed E-state index contributed by atoms with van der Waals surface area (Å²) < 4.78 is 5.34. The van der Waals surface area contributed by atoms with Gasteiger partial charge in [0.25, 0.3) is 5.91 Å². The third-order valence-corrected chi connectivity index (χ3v) is 5.13. The van der Waals surface area contributed by atoms with Gasteiger partial charge in [0.15, 0.2) is 5.65 Å². The summed E-state index contributed by atoms with van der Waals surface area (Å²) >= 11 is 12.6. The van der Waals surface area contributed by atoms with Gasteiger partial charge in [-0.25, -0.2) is 9.97 Å². The van der Waals surface area contributed by atoms with Crippen molar-refractivity contribution in [2.24, 2.45) is 5.73 Å². The highest BCUT2D eigenvalue weighted by Crippen LogP contribution is 2.37. The first-order chi connectivity index (χ1) is 15.5. The Morgan fingerprint density at radius 1 is 1.09 bits per heavy atom. The number of amides is 1. The molecule has 0 saturated carbocycles. The van der Waals surface area contributed by atoms with Crippen LogP contribution in [0, 0.1) is 0 Å². The molecule has 0 aliphatic heterocycles. The largest absolute Gasteiger partial charge is 0.491 e. The Kier molecular flexibility index (Phi) is 6.36. The lowest BCUT2D eigenvalue weighted by Gasteiger charge is -2.12. The molecule has 0 atom stereocenters. The van der Waals surface area contributed by atoms with E-state index in [9.17, 15) is 4.79 Å². The highest BCUT2D eigenvalue weighted by atomic mass is 35.5. The number of carbonyl (C=O) groups is 1. The third-order valence-electron chi connectivity index (χ3n) is 4.50. The average molecular weight is 470 g/mol. The first kappa shape index (κ1) is 21.8. The van der Waals surface area contributed by atoms with Crippen molar-refractivity contribution in [2.45, 2.75) is 0 Å². The van der Waals surface area contributed by atoms with Gasteiger partial charge < -0.3 is 20.9 Å². The van der Waals surface area contributed by atoms with Crippen LogP contribution in [-0.2, 0) is 0 Å². The molecular weight excluding hydrogens is 453 g/mol. The number of pyridine rings is 1. The van der Waals surface area contributed by atoms with E-state index in [1.54, 1.807) is 54.7 Å². The molecule has 4 aromatic rings. The Morgan fingerprint density at radius 3 is 2.47 bits per heavy atom. The fourth-order valence-electron chi connectivity index (χ4n) is 3.08. The number of halogens is 2. The van der Waals surface area contributed by atoms with Gasteiger partial charge in [0.2, 0.25) is 5.95 Å². The smallest absolute Gasteiger partial charge is 0.268 e. The number of carbonyl (C=O) groups excluding carboxylic acids is 1. The second-order valence-corrected chi connectivity index (χ2v) is 7.49. The number of hydrogen-bond acceptors (Lipinski definition) is 7. The number of fused-ring (bicyclic) bond motifs is 1. The molecule has 0 unspecified atom stereocenters. The van der Waals surface area contributed by atoms with Gasteiger partial charge in [-0.05, 0) is 42.5 Å². The Hall–Kier alpha value is -3.46.